The number of aryl methyl sites for hydroxylation is 2. The van der Waals surface area contributed by atoms with Crippen LogP contribution in [0, 0.1) is 6.92 Å². The average molecular weight is 286 g/mol. The molecule has 0 bridgehead atoms. The highest BCUT2D eigenvalue weighted by Gasteiger charge is 2.15. The van der Waals surface area contributed by atoms with E-state index >= 15 is 0 Å². The van der Waals surface area contributed by atoms with Crippen LogP contribution < -0.4 is 0 Å². The molecule has 2 nitrogen and oxygen atoms in total. The van der Waals surface area contributed by atoms with Gasteiger partial charge < -0.3 is 9.52 Å². The molecule has 1 aromatic carbocycles. The van der Waals surface area contributed by atoms with Crippen molar-refractivity contribution in [1.82, 2.24) is 0 Å². The number of benzene rings is 1. The van der Waals surface area contributed by atoms with E-state index in [1.54, 1.807) is 11.3 Å². The Bertz CT molecular complexity index is 724. The van der Waals surface area contributed by atoms with Crippen molar-refractivity contribution in [3.8, 4) is 0 Å². The number of furan rings is 1. The maximum atomic E-state index is 10.3. The highest BCUT2D eigenvalue weighted by atomic mass is 32.1. The molecule has 104 valence electrons. The summed E-state index contributed by atoms with van der Waals surface area (Å²) in [4.78, 5) is 2.55. The van der Waals surface area contributed by atoms with Crippen molar-refractivity contribution in [3.05, 3.63) is 57.5 Å². The van der Waals surface area contributed by atoms with E-state index in [0.29, 0.717) is 12.2 Å². The highest BCUT2D eigenvalue weighted by molar-refractivity contribution is 7.11. The van der Waals surface area contributed by atoms with Crippen molar-refractivity contribution in [2.45, 2.75) is 32.8 Å². The lowest BCUT2D eigenvalue weighted by molar-refractivity contribution is 0.153. The van der Waals surface area contributed by atoms with E-state index in [2.05, 4.69) is 32.0 Å². The fourth-order valence-electron chi connectivity index (χ4n) is 2.36. The third-order valence-corrected chi connectivity index (χ3v) is 4.73. The van der Waals surface area contributed by atoms with E-state index in [4.69, 9.17) is 4.42 Å². The molecule has 1 N–H and O–H groups in total. The summed E-state index contributed by atoms with van der Waals surface area (Å²) in [5.41, 5.74) is 2.04. The van der Waals surface area contributed by atoms with E-state index in [0.717, 1.165) is 17.4 Å². The zero-order valence-corrected chi connectivity index (χ0v) is 12.5. The molecule has 3 heteroatoms. The van der Waals surface area contributed by atoms with Gasteiger partial charge in [-0.2, -0.15) is 0 Å². The lowest BCUT2D eigenvalue weighted by atomic mass is 10.1. The highest BCUT2D eigenvalue weighted by Crippen LogP contribution is 2.28. The molecule has 2 heterocycles. The predicted octanol–water partition coefficient (Wildman–Crippen LogP) is 4.64. The van der Waals surface area contributed by atoms with Gasteiger partial charge in [-0.05, 0) is 43.7 Å². The molecule has 0 aliphatic carbocycles. The van der Waals surface area contributed by atoms with Gasteiger partial charge in [0, 0.05) is 21.6 Å². The Balaban J connectivity index is 1.82. The summed E-state index contributed by atoms with van der Waals surface area (Å²) < 4.78 is 5.74. The summed E-state index contributed by atoms with van der Waals surface area (Å²) >= 11 is 1.76. The van der Waals surface area contributed by atoms with E-state index < -0.39 is 6.10 Å². The Morgan fingerprint density at radius 2 is 1.95 bits per heavy atom. The fraction of sp³-hybridized carbons (Fsp3) is 0.294. The van der Waals surface area contributed by atoms with Crippen LogP contribution >= 0.6 is 11.3 Å². The number of hydrogen-bond donors (Lipinski definition) is 1. The first-order valence-electron chi connectivity index (χ1n) is 6.91. The number of aliphatic hydroxyl groups excluding tert-OH is 1. The van der Waals surface area contributed by atoms with Crippen LogP contribution in [-0.2, 0) is 12.8 Å². The fourth-order valence-corrected chi connectivity index (χ4v) is 3.36. The van der Waals surface area contributed by atoms with Gasteiger partial charge >= 0.3 is 0 Å². The molecule has 3 aromatic rings. The topological polar surface area (TPSA) is 33.4 Å². The van der Waals surface area contributed by atoms with Crippen LogP contribution in [0.3, 0.4) is 0 Å². The average Bonchev–Trinajstić information content (AvgIpc) is 3.04. The van der Waals surface area contributed by atoms with Crippen LogP contribution in [0.4, 0.5) is 0 Å². The first-order chi connectivity index (χ1) is 9.65. The van der Waals surface area contributed by atoms with Crippen molar-refractivity contribution in [1.29, 1.82) is 0 Å². The van der Waals surface area contributed by atoms with Crippen LogP contribution in [0.5, 0.6) is 0 Å². The molecule has 0 amide bonds. The Labute approximate surface area is 122 Å². The second-order valence-electron chi connectivity index (χ2n) is 5.13. The molecule has 3 rings (SSSR count). The molecule has 0 aliphatic heterocycles. The van der Waals surface area contributed by atoms with E-state index in [1.807, 2.05) is 18.2 Å². The van der Waals surface area contributed by atoms with Gasteiger partial charge in [0.15, 0.2) is 0 Å². The van der Waals surface area contributed by atoms with Crippen LogP contribution in [0.25, 0.3) is 11.0 Å². The molecule has 20 heavy (non-hydrogen) atoms. The van der Waals surface area contributed by atoms with Crippen molar-refractivity contribution >= 4 is 22.3 Å². The molecule has 0 spiro atoms. The molecule has 1 atom stereocenters. The summed E-state index contributed by atoms with van der Waals surface area (Å²) in [6, 6.07) is 12.2. The third kappa shape index (κ3) is 2.65. The minimum Gasteiger partial charge on any atom is -0.458 e. The van der Waals surface area contributed by atoms with Crippen LogP contribution in [0.1, 0.15) is 34.1 Å². The van der Waals surface area contributed by atoms with E-state index in [1.165, 1.54) is 15.3 Å². The molecule has 2 aromatic heterocycles. The number of thiophene rings is 1. The smallest absolute Gasteiger partial charge is 0.134 e. The van der Waals surface area contributed by atoms with Crippen LogP contribution in [0.2, 0.25) is 0 Å². The van der Waals surface area contributed by atoms with Gasteiger partial charge in [0.2, 0.25) is 0 Å². The van der Waals surface area contributed by atoms with E-state index in [-0.39, 0.29) is 0 Å². The second kappa shape index (κ2) is 5.43. The van der Waals surface area contributed by atoms with Gasteiger partial charge in [-0.15, -0.1) is 11.3 Å². The molecule has 0 saturated carbocycles. The Morgan fingerprint density at radius 3 is 2.70 bits per heavy atom. The summed E-state index contributed by atoms with van der Waals surface area (Å²) in [5.74, 6) is 0.650. The summed E-state index contributed by atoms with van der Waals surface area (Å²) in [6.45, 7) is 4.20. The van der Waals surface area contributed by atoms with Gasteiger partial charge in [-0.3, -0.25) is 0 Å². The molecule has 0 radical (unpaired) electrons. The van der Waals surface area contributed by atoms with Gasteiger partial charge in [0.25, 0.3) is 0 Å². The predicted molar refractivity (Wildman–Crippen MR) is 83.3 cm³/mol. The summed E-state index contributed by atoms with van der Waals surface area (Å²) in [7, 11) is 0. The van der Waals surface area contributed by atoms with Gasteiger partial charge in [0.05, 0.1) is 0 Å². The zero-order chi connectivity index (χ0) is 14.1. The van der Waals surface area contributed by atoms with Gasteiger partial charge in [-0.1, -0.05) is 18.6 Å². The standard InChI is InChI=1S/C17H18O2S/c1-3-13-5-6-14(20-13)10-15(18)17-9-12-8-11(2)4-7-16(12)19-17/h4-9,15,18H,3,10H2,1-2H3. The van der Waals surface area contributed by atoms with Gasteiger partial charge in [-0.25, -0.2) is 0 Å². The van der Waals surface area contributed by atoms with Crippen molar-refractivity contribution in [2.75, 3.05) is 0 Å². The SMILES string of the molecule is CCc1ccc(CC(O)c2cc3cc(C)ccc3o2)s1. The summed E-state index contributed by atoms with van der Waals surface area (Å²) in [6.07, 6.45) is 1.08. The Kier molecular flexibility index (Phi) is 3.64. The molecular formula is C17H18O2S. The number of hydrogen-bond acceptors (Lipinski definition) is 3. The molecule has 1 unspecified atom stereocenters. The maximum Gasteiger partial charge on any atom is 0.134 e. The lowest BCUT2D eigenvalue weighted by Crippen LogP contribution is -1.98. The van der Waals surface area contributed by atoms with Crippen LogP contribution in [0.15, 0.2) is 40.8 Å². The third-order valence-electron chi connectivity index (χ3n) is 3.48. The Hall–Kier alpha value is -1.58. The lowest BCUT2D eigenvalue weighted by Gasteiger charge is -2.05. The van der Waals surface area contributed by atoms with Crippen molar-refractivity contribution in [2.24, 2.45) is 0 Å². The molecular weight excluding hydrogens is 268 g/mol. The minimum atomic E-state index is -0.578. The normalized spacial score (nSPS) is 12.9. The zero-order valence-electron chi connectivity index (χ0n) is 11.7. The molecule has 0 saturated heterocycles. The quantitative estimate of drug-likeness (QED) is 0.758. The van der Waals surface area contributed by atoms with E-state index in [9.17, 15) is 5.11 Å². The first kappa shape index (κ1) is 13.4. The first-order valence-corrected chi connectivity index (χ1v) is 7.73. The van der Waals surface area contributed by atoms with Gasteiger partial charge in [0.1, 0.15) is 17.4 Å². The maximum absolute atomic E-state index is 10.3. The number of aliphatic hydroxyl groups is 1. The molecule has 0 aliphatic rings. The van der Waals surface area contributed by atoms with Crippen molar-refractivity contribution in [3.63, 3.8) is 0 Å². The monoisotopic (exact) mass is 286 g/mol. The largest absolute Gasteiger partial charge is 0.458 e. The molecule has 0 fully saturated rings. The second-order valence-corrected chi connectivity index (χ2v) is 6.38. The van der Waals surface area contributed by atoms with Crippen molar-refractivity contribution < 1.29 is 9.52 Å². The Morgan fingerprint density at radius 1 is 1.15 bits per heavy atom. The number of rotatable bonds is 4. The number of fused-ring (bicyclic) bond motifs is 1. The minimum absolute atomic E-state index is 0.578. The summed E-state index contributed by atoms with van der Waals surface area (Å²) in [5, 5.41) is 11.4. The van der Waals surface area contributed by atoms with Crippen LogP contribution in [-0.4, -0.2) is 5.11 Å².